The minimum Gasteiger partial charge on any atom is -0.487 e. The van der Waals surface area contributed by atoms with Crippen LogP contribution in [0.1, 0.15) is 43.5 Å². The Morgan fingerprint density at radius 1 is 1.14 bits per heavy atom. The highest BCUT2D eigenvalue weighted by Gasteiger charge is 2.33. The van der Waals surface area contributed by atoms with Gasteiger partial charge in [0.25, 0.3) is 5.56 Å². The van der Waals surface area contributed by atoms with Crippen LogP contribution in [0, 0.1) is 7.14 Å². The number of fused-ring (bicyclic) bond motifs is 1. The molecular weight excluding hydrogens is 830 g/mol. The van der Waals surface area contributed by atoms with Gasteiger partial charge in [0.05, 0.1) is 35.1 Å². The van der Waals surface area contributed by atoms with Crippen LogP contribution in [0.2, 0.25) is 5.02 Å². The fourth-order valence-corrected chi connectivity index (χ4v) is 8.45. The largest absolute Gasteiger partial charge is 0.487 e. The van der Waals surface area contributed by atoms with Crippen LogP contribution >= 0.6 is 79.9 Å². The van der Waals surface area contributed by atoms with Crippen molar-refractivity contribution in [2.75, 3.05) is 6.26 Å². The third-order valence-electron chi connectivity index (χ3n) is 6.66. The minimum absolute atomic E-state index is 0.214. The van der Waals surface area contributed by atoms with Crippen LogP contribution in [0.5, 0.6) is 5.75 Å². The van der Waals surface area contributed by atoms with Crippen molar-refractivity contribution in [1.82, 2.24) is 4.57 Å². The number of esters is 1. The number of hydrogen-bond donors (Lipinski definition) is 0. The Morgan fingerprint density at radius 3 is 2.44 bits per heavy atom. The zero-order valence-corrected chi connectivity index (χ0v) is 30.4. The lowest BCUT2D eigenvalue weighted by atomic mass is 9.96. The number of carbonyl (C=O) groups excluding carboxylic acids is 1. The second-order valence-electron chi connectivity index (χ2n) is 10.0. The topological polar surface area (TPSA) is 69.9 Å². The van der Waals surface area contributed by atoms with Gasteiger partial charge >= 0.3 is 5.97 Å². The summed E-state index contributed by atoms with van der Waals surface area (Å²) < 4.78 is 15.7. The summed E-state index contributed by atoms with van der Waals surface area (Å²) in [6.45, 7) is 5.76. The van der Waals surface area contributed by atoms with Crippen molar-refractivity contribution in [2.45, 2.75) is 44.4 Å². The lowest BCUT2D eigenvalue weighted by Gasteiger charge is -2.25. The molecule has 0 saturated carbocycles. The number of benzene rings is 3. The Balaban J connectivity index is 1.56. The first-order valence-electron chi connectivity index (χ1n) is 13.3. The van der Waals surface area contributed by atoms with Crippen LogP contribution in [0.25, 0.3) is 6.08 Å². The normalized spacial score (nSPS) is 15.0. The van der Waals surface area contributed by atoms with E-state index in [-0.39, 0.29) is 11.7 Å². The molecule has 2 heterocycles. The molecule has 4 aromatic rings. The summed E-state index contributed by atoms with van der Waals surface area (Å²) in [7, 11) is 0. The Labute approximate surface area is 290 Å². The van der Waals surface area contributed by atoms with E-state index in [1.807, 2.05) is 73.0 Å². The van der Waals surface area contributed by atoms with Gasteiger partial charge in [-0.05, 0) is 120 Å². The number of thiazole rings is 1. The van der Waals surface area contributed by atoms with E-state index in [1.54, 1.807) is 37.1 Å². The molecule has 1 aromatic heterocycles. The molecule has 0 saturated heterocycles. The third-order valence-corrected chi connectivity index (χ3v) is 10.4. The summed E-state index contributed by atoms with van der Waals surface area (Å²) in [6, 6.07) is 18.8. The molecule has 5 rings (SSSR count). The molecule has 0 radical (unpaired) electrons. The minimum atomic E-state index is -0.651. The molecule has 1 atom stereocenters. The van der Waals surface area contributed by atoms with Crippen molar-refractivity contribution < 1.29 is 14.3 Å². The van der Waals surface area contributed by atoms with Gasteiger partial charge in [0.15, 0.2) is 4.80 Å². The van der Waals surface area contributed by atoms with E-state index < -0.39 is 12.0 Å². The number of nitrogens with zero attached hydrogens (tertiary/aromatic N) is 2. The van der Waals surface area contributed by atoms with Gasteiger partial charge in [0, 0.05) is 15.5 Å². The van der Waals surface area contributed by atoms with Crippen molar-refractivity contribution in [1.29, 1.82) is 0 Å². The van der Waals surface area contributed by atoms with E-state index in [0.29, 0.717) is 32.2 Å². The van der Waals surface area contributed by atoms with Gasteiger partial charge in [-0.15, -0.1) is 11.8 Å². The van der Waals surface area contributed by atoms with E-state index in [9.17, 15) is 9.59 Å². The van der Waals surface area contributed by atoms with Crippen LogP contribution < -0.4 is 19.6 Å². The number of ether oxygens (including phenoxy) is 2. The van der Waals surface area contributed by atoms with E-state index in [0.717, 1.165) is 34.5 Å². The third kappa shape index (κ3) is 7.08. The predicted octanol–water partition coefficient (Wildman–Crippen LogP) is 7.35. The Hall–Kier alpha value is -2.13. The maximum Gasteiger partial charge on any atom is 0.338 e. The van der Waals surface area contributed by atoms with Crippen LogP contribution in [-0.4, -0.2) is 22.9 Å². The molecule has 0 fully saturated rings. The number of carbonyl (C=O) groups is 1. The van der Waals surface area contributed by atoms with Crippen molar-refractivity contribution in [3.63, 3.8) is 0 Å². The van der Waals surface area contributed by atoms with E-state index in [4.69, 9.17) is 26.1 Å². The quantitative estimate of drug-likeness (QED) is 0.105. The molecule has 1 aliphatic heterocycles. The first-order chi connectivity index (χ1) is 20.6. The van der Waals surface area contributed by atoms with Gasteiger partial charge in [-0.25, -0.2) is 9.79 Å². The van der Waals surface area contributed by atoms with Gasteiger partial charge in [0.1, 0.15) is 12.4 Å². The number of rotatable bonds is 8. The Morgan fingerprint density at radius 2 is 1.81 bits per heavy atom. The zero-order valence-electron chi connectivity index (χ0n) is 23.7. The van der Waals surface area contributed by atoms with Gasteiger partial charge in [-0.2, -0.15) is 0 Å². The highest BCUT2D eigenvalue weighted by Crippen LogP contribution is 2.33. The molecule has 43 heavy (non-hydrogen) atoms. The van der Waals surface area contributed by atoms with Crippen LogP contribution in [-0.2, 0) is 16.1 Å². The molecular formula is C32H27ClI2N2O4S2. The summed E-state index contributed by atoms with van der Waals surface area (Å²) >= 11 is 13.7. The molecule has 0 N–H and O–H groups in total. The molecule has 6 nitrogen and oxygen atoms in total. The molecule has 3 aromatic carbocycles. The van der Waals surface area contributed by atoms with Crippen molar-refractivity contribution in [3.05, 3.63) is 120 Å². The highest BCUT2D eigenvalue weighted by molar-refractivity contribution is 14.1. The fourth-order valence-electron chi connectivity index (χ4n) is 4.68. The SMILES string of the molecule is CSc1ccc([C@H]2C(C(=O)OC(C)C)=C(C)N=c3s/c(=C\c4cc(I)c(OCc5ccccc5Cl)c(I)c4)c(=O)n32)cc1. The predicted molar refractivity (Wildman–Crippen MR) is 191 cm³/mol. The Kier molecular flexibility index (Phi) is 10.4. The van der Waals surface area contributed by atoms with Crippen LogP contribution in [0.4, 0.5) is 0 Å². The average Bonchev–Trinajstić information content (AvgIpc) is 3.26. The molecule has 0 amide bonds. The van der Waals surface area contributed by atoms with E-state index in [2.05, 4.69) is 45.2 Å². The molecule has 222 valence electrons. The van der Waals surface area contributed by atoms with Gasteiger partial charge in [-0.1, -0.05) is 53.3 Å². The summed E-state index contributed by atoms with van der Waals surface area (Å²) in [5.41, 5.74) is 3.29. The van der Waals surface area contributed by atoms with Crippen molar-refractivity contribution >= 4 is 91.9 Å². The number of aromatic nitrogens is 1. The van der Waals surface area contributed by atoms with Crippen molar-refractivity contribution in [3.8, 4) is 5.75 Å². The molecule has 11 heteroatoms. The fraction of sp³-hybridized carbons (Fsp3) is 0.219. The standard InChI is InChI=1S/C32H27ClI2N2O4S2/c1-17(2)41-31(39)27-18(3)36-32-37(28(27)20-9-11-22(42-4)12-10-20)30(38)26(43-32)15-19-13-24(34)29(25(35)14-19)40-16-21-7-5-6-8-23(21)33/h5-15,17,28H,16H2,1-4H3/b26-15-/t28-/m0/s1. The maximum absolute atomic E-state index is 14.0. The second-order valence-corrected chi connectivity index (χ2v) is 14.6. The van der Waals surface area contributed by atoms with Gasteiger partial charge in [0.2, 0.25) is 0 Å². The summed E-state index contributed by atoms with van der Waals surface area (Å²) in [6.07, 6.45) is 3.57. The number of allylic oxidation sites excluding steroid dienone is 1. The smallest absolute Gasteiger partial charge is 0.338 e. The summed E-state index contributed by atoms with van der Waals surface area (Å²) in [5, 5.41) is 0.661. The monoisotopic (exact) mass is 856 g/mol. The molecule has 0 spiro atoms. The summed E-state index contributed by atoms with van der Waals surface area (Å²) in [5.74, 6) is 0.290. The first-order valence-corrected chi connectivity index (χ1v) is 17.9. The highest BCUT2D eigenvalue weighted by atomic mass is 127. The van der Waals surface area contributed by atoms with Gasteiger partial charge in [-0.3, -0.25) is 9.36 Å². The molecule has 0 unspecified atom stereocenters. The van der Waals surface area contributed by atoms with E-state index in [1.165, 1.54) is 11.3 Å². The molecule has 0 aliphatic carbocycles. The van der Waals surface area contributed by atoms with Crippen LogP contribution in [0.3, 0.4) is 0 Å². The van der Waals surface area contributed by atoms with E-state index >= 15 is 0 Å². The Bertz CT molecular complexity index is 1890. The van der Waals surface area contributed by atoms with Crippen molar-refractivity contribution in [2.24, 2.45) is 4.99 Å². The average molecular weight is 857 g/mol. The van der Waals surface area contributed by atoms with Gasteiger partial charge < -0.3 is 9.47 Å². The summed E-state index contributed by atoms with van der Waals surface area (Å²) in [4.78, 5) is 33.7. The second kappa shape index (κ2) is 13.9. The molecule has 1 aliphatic rings. The lowest BCUT2D eigenvalue weighted by molar-refractivity contribution is -0.143. The zero-order chi connectivity index (χ0) is 30.8. The first kappa shape index (κ1) is 32.3. The van der Waals surface area contributed by atoms with Crippen LogP contribution in [0.15, 0.2) is 86.6 Å². The number of thioether (sulfide) groups is 1. The number of hydrogen-bond acceptors (Lipinski definition) is 7. The maximum atomic E-state index is 14.0. The lowest BCUT2D eigenvalue weighted by Crippen LogP contribution is -2.40. The number of halogens is 3. The molecule has 0 bridgehead atoms.